The molecule has 2 aromatic rings. The van der Waals surface area contributed by atoms with E-state index in [1.165, 1.54) is 0 Å². The van der Waals surface area contributed by atoms with Crippen LogP contribution in [0.2, 0.25) is 0 Å². The van der Waals surface area contributed by atoms with Crippen LogP contribution in [0.25, 0.3) is 0 Å². The summed E-state index contributed by atoms with van der Waals surface area (Å²) in [5, 5.41) is 9.60. The Morgan fingerprint density at radius 3 is 2.57 bits per heavy atom. The van der Waals surface area contributed by atoms with Crippen LogP contribution in [0.15, 0.2) is 50.7 Å². The van der Waals surface area contributed by atoms with Crippen molar-refractivity contribution in [2.75, 3.05) is 13.2 Å². The molecule has 1 aliphatic rings. The molecule has 21 heavy (non-hydrogen) atoms. The quantitative estimate of drug-likeness (QED) is 0.872. The Balaban J connectivity index is 1.83. The summed E-state index contributed by atoms with van der Waals surface area (Å²) in [6.45, 7) is 2.95. The molecule has 3 rings (SSSR count). The van der Waals surface area contributed by atoms with Gasteiger partial charge in [0.15, 0.2) is 11.5 Å². The highest BCUT2D eigenvalue weighted by molar-refractivity contribution is 9.10. The van der Waals surface area contributed by atoms with Crippen LogP contribution in [0.3, 0.4) is 0 Å². The Hall–Kier alpha value is -1.17. The van der Waals surface area contributed by atoms with Crippen molar-refractivity contribution < 1.29 is 14.6 Å². The molecule has 1 atom stereocenters. The van der Waals surface area contributed by atoms with Crippen molar-refractivity contribution in [2.24, 2.45) is 0 Å². The molecule has 1 aliphatic heterocycles. The lowest BCUT2D eigenvalue weighted by Crippen LogP contribution is -2.15. The zero-order valence-corrected chi connectivity index (χ0v) is 13.9. The number of hydrogen-bond donors (Lipinski definition) is 1. The summed E-state index contributed by atoms with van der Waals surface area (Å²) in [7, 11) is 0. The van der Waals surface area contributed by atoms with E-state index in [1.807, 2.05) is 36.4 Å². The van der Waals surface area contributed by atoms with E-state index < -0.39 is 6.10 Å². The van der Waals surface area contributed by atoms with Gasteiger partial charge in [-0.3, -0.25) is 0 Å². The number of halogens is 1. The molecule has 0 saturated heterocycles. The van der Waals surface area contributed by atoms with E-state index in [-0.39, 0.29) is 0 Å². The van der Waals surface area contributed by atoms with Gasteiger partial charge in [-0.1, -0.05) is 17.8 Å². The first-order chi connectivity index (χ1) is 10.1. The van der Waals surface area contributed by atoms with Crippen molar-refractivity contribution in [1.29, 1.82) is 0 Å². The largest absolute Gasteiger partial charge is 0.486 e. The van der Waals surface area contributed by atoms with Crippen molar-refractivity contribution in [2.45, 2.75) is 22.8 Å². The predicted molar refractivity (Wildman–Crippen MR) is 86.3 cm³/mol. The Morgan fingerprint density at radius 2 is 1.86 bits per heavy atom. The summed E-state index contributed by atoms with van der Waals surface area (Å²) in [5.74, 6) is 1.59. The van der Waals surface area contributed by atoms with Crippen LogP contribution in [0.5, 0.6) is 11.5 Å². The number of aliphatic hydroxyl groups is 1. The smallest absolute Gasteiger partial charge is 0.162 e. The van der Waals surface area contributed by atoms with E-state index in [0.29, 0.717) is 13.2 Å². The minimum Gasteiger partial charge on any atom is -0.486 e. The molecule has 0 saturated carbocycles. The minimum atomic E-state index is -0.463. The summed E-state index contributed by atoms with van der Waals surface area (Å²) in [6, 6.07) is 11.9. The van der Waals surface area contributed by atoms with Crippen molar-refractivity contribution in [3.63, 3.8) is 0 Å². The first kappa shape index (κ1) is 14.8. The van der Waals surface area contributed by atoms with E-state index in [4.69, 9.17) is 9.47 Å². The van der Waals surface area contributed by atoms with Gasteiger partial charge in [0.05, 0.1) is 6.10 Å². The van der Waals surface area contributed by atoms with Crippen molar-refractivity contribution in [1.82, 2.24) is 0 Å². The molecule has 1 heterocycles. The van der Waals surface area contributed by atoms with E-state index in [0.717, 1.165) is 31.3 Å². The standard InChI is InChI=1S/C16H15BrO3S/c1-10(18)11-2-5-16(13(17)8-11)21-12-3-4-14-15(9-12)20-7-6-19-14/h2-5,8-10,18H,6-7H2,1H3/t10-/m1/s1. The Kier molecular flexibility index (Phi) is 4.42. The molecule has 2 aromatic carbocycles. The number of aliphatic hydroxyl groups excluding tert-OH is 1. The van der Waals surface area contributed by atoms with Gasteiger partial charge in [0, 0.05) is 14.3 Å². The van der Waals surface area contributed by atoms with Gasteiger partial charge in [-0.05, 0) is 58.7 Å². The number of fused-ring (bicyclic) bond motifs is 1. The van der Waals surface area contributed by atoms with Gasteiger partial charge in [-0.2, -0.15) is 0 Å². The first-order valence-electron chi connectivity index (χ1n) is 6.68. The molecule has 0 aliphatic carbocycles. The van der Waals surface area contributed by atoms with Gasteiger partial charge in [-0.25, -0.2) is 0 Å². The molecule has 0 unspecified atom stereocenters. The average molecular weight is 367 g/mol. The molecule has 0 radical (unpaired) electrons. The van der Waals surface area contributed by atoms with Crippen molar-refractivity contribution >= 4 is 27.7 Å². The van der Waals surface area contributed by atoms with Crippen LogP contribution >= 0.6 is 27.7 Å². The third kappa shape index (κ3) is 3.36. The maximum absolute atomic E-state index is 9.60. The normalized spacial score (nSPS) is 14.8. The zero-order valence-electron chi connectivity index (χ0n) is 11.5. The number of ether oxygens (including phenoxy) is 2. The average Bonchev–Trinajstić information content (AvgIpc) is 2.49. The fourth-order valence-electron chi connectivity index (χ4n) is 2.07. The molecule has 1 N–H and O–H groups in total. The maximum atomic E-state index is 9.60. The molecular weight excluding hydrogens is 352 g/mol. The van der Waals surface area contributed by atoms with Crippen LogP contribution in [-0.2, 0) is 0 Å². The molecule has 110 valence electrons. The van der Waals surface area contributed by atoms with Gasteiger partial charge < -0.3 is 14.6 Å². The lowest BCUT2D eigenvalue weighted by molar-refractivity contribution is 0.171. The van der Waals surface area contributed by atoms with Crippen LogP contribution in [0.4, 0.5) is 0 Å². The fourth-order valence-corrected chi connectivity index (χ4v) is 3.56. The number of benzene rings is 2. The van der Waals surface area contributed by atoms with Gasteiger partial charge in [0.1, 0.15) is 13.2 Å². The summed E-state index contributed by atoms with van der Waals surface area (Å²) in [4.78, 5) is 2.18. The monoisotopic (exact) mass is 366 g/mol. The van der Waals surface area contributed by atoms with Gasteiger partial charge in [0.25, 0.3) is 0 Å². The third-order valence-electron chi connectivity index (χ3n) is 3.18. The van der Waals surface area contributed by atoms with Crippen molar-refractivity contribution in [3.05, 3.63) is 46.4 Å². The highest BCUT2D eigenvalue weighted by Crippen LogP contribution is 2.39. The second kappa shape index (κ2) is 6.30. The summed E-state index contributed by atoms with van der Waals surface area (Å²) in [6.07, 6.45) is -0.463. The summed E-state index contributed by atoms with van der Waals surface area (Å²) >= 11 is 5.20. The molecule has 0 fully saturated rings. The highest BCUT2D eigenvalue weighted by Gasteiger charge is 2.13. The van der Waals surface area contributed by atoms with Crippen LogP contribution in [0, 0.1) is 0 Å². The lowest BCUT2D eigenvalue weighted by atomic mass is 10.1. The second-order valence-electron chi connectivity index (χ2n) is 4.77. The zero-order chi connectivity index (χ0) is 14.8. The molecule has 0 aromatic heterocycles. The Bertz CT molecular complexity index is 658. The minimum absolute atomic E-state index is 0.463. The van der Waals surface area contributed by atoms with Crippen LogP contribution < -0.4 is 9.47 Å². The molecule has 0 bridgehead atoms. The summed E-state index contributed by atoms with van der Waals surface area (Å²) < 4.78 is 12.1. The van der Waals surface area contributed by atoms with E-state index in [1.54, 1.807) is 18.7 Å². The van der Waals surface area contributed by atoms with Crippen LogP contribution in [-0.4, -0.2) is 18.3 Å². The maximum Gasteiger partial charge on any atom is 0.162 e. The fraction of sp³-hybridized carbons (Fsp3) is 0.250. The first-order valence-corrected chi connectivity index (χ1v) is 8.29. The van der Waals surface area contributed by atoms with Gasteiger partial charge >= 0.3 is 0 Å². The number of rotatable bonds is 3. The van der Waals surface area contributed by atoms with Gasteiger partial charge in [-0.15, -0.1) is 0 Å². The molecule has 5 heteroatoms. The van der Waals surface area contributed by atoms with E-state index >= 15 is 0 Å². The SMILES string of the molecule is C[C@@H](O)c1ccc(Sc2ccc3c(c2)OCCO3)c(Br)c1. The lowest BCUT2D eigenvalue weighted by Gasteiger charge is -2.18. The van der Waals surface area contributed by atoms with E-state index in [9.17, 15) is 5.11 Å². The number of hydrogen-bond acceptors (Lipinski definition) is 4. The van der Waals surface area contributed by atoms with E-state index in [2.05, 4.69) is 15.9 Å². The summed E-state index contributed by atoms with van der Waals surface area (Å²) in [5.41, 5.74) is 0.897. The molecule has 3 nitrogen and oxygen atoms in total. The molecule has 0 amide bonds. The van der Waals surface area contributed by atoms with Crippen LogP contribution in [0.1, 0.15) is 18.6 Å². The Labute approximate surface area is 136 Å². The topological polar surface area (TPSA) is 38.7 Å². The highest BCUT2D eigenvalue weighted by atomic mass is 79.9. The van der Waals surface area contributed by atoms with Gasteiger partial charge in [0.2, 0.25) is 0 Å². The Morgan fingerprint density at radius 1 is 1.10 bits per heavy atom. The molecular formula is C16H15BrO3S. The second-order valence-corrected chi connectivity index (χ2v) is 6.74. The third-order valence-corrected chi connectivity index (χ3v) is 5.16. The van der Waals surface area contributed by atoms with Crippen molar-refractivity contribution in [3.8, 4) is 11.5 Å². The molecule has 0 spiro atoms. The predicted octanol–water partition coefficient (Wildman–Crippen LogP) is 4.42.